The van der Waals surface area contributed by atoms with Gasteiger partial charge in [0.15, 0.2) is 0 Å². The van der Waals surface area contributed by atoms with Crippen LogP contribution in [-0.4, -0.2) is 0 Å². The average Bonchev–Trinajstić information content (AvgIpc) is 2.70. The molecule has 2 fully saturated rings. The molecule has 27 heavy (non-hydrogen) atoms. The summed E-state index contributed by atoms with van der Waals surface area (Å²) in [5.41, 5.74) is 8.65. The van der Waals surface area contributed by atoms with Crippen LogP contribution in [0.15, 0.2) is 42.5 Å². The Hall–Kier alpha value is -1.56. The van der Waals surface area contributed by atoms with Crippen LogP contribution in [-0.2, 0) is 12.8 Å². The smallest absolute Gasteiger partial charge is 0.00203 e. The topological polar surface area (TPSA) is 0 Å². The molecular formula is C27H34. The summed E-state index contributed by atoms with van der Waals surface area (Å²) in [6, 6.07) is 16.0. The number of hydrogen-bond acceptors (Lipinski definition) is 0. The summed E-state index contributed by atoms with van der Waals surface area (Å²) in [5, 5.41) is 0. The lowest BCUT2D eigenvalue weighted by atomic mass is 9.49. The minimum absolute atomic E-state index is 0.614. The van der Waals surface area contributed by atoms with Crippen molar-refractivity contribution < 1.29 is 0 Å². The maximum Gasteiger partial charge on any atom is -0.00203 e. The minimum atomic E-state index is 0.614. The Morgan fingerprint density at radius 1 is 0.926 bits per heavy atom. The molecule has 2 saturated carbocycles. The fourth-order valence-corrected chi connectivity index (χ4v) is 7.15. The molecule has 0 saturated heterocycles. The summed E-state index contributed by atoms with van der Waals surface area (Å²) in [5.74, 6) is 2.75. The van der Waals surface area contributed by atoms with Crippen molar-refractivity contribution >= 4 is 0 Å². The van der Waals surface area contributed by atoms with Gasteiger partial charge in [0.2, 0.25) is 0 Å². The molecule has 4 atom stereocenters. The third-order valence-electron chi connectivity index (χ3n) is 8.64. The van der Waals surface area contributed by atoms with E-state index in [0.29, 0.717) is 5.41 Å². The van der Waals surface area contributed by atoms with Crippen molar-refractivity contribution in [3.05, 3.63) is 70.3 Å². The van der Waals surface area contributed by atoms with E-state index in [9.17, 15) is 0 Å². The summed E-state index contributed by atoms with van der Waals surface area (Å²) in [7, 11) is 0. The Labute approximate surface area is 165 Å². The Kier molecular flexibility index (Phi) is 4.42. The third kappa shape index (κ3) is 2.87. The average molecular weight is 359 g/mol. The van der Waals surface area contributed by atoms with E-state index >= 15 is 0 Å². The van der Waals surface area contributed by atoms with Crippen molar-refractivity contribution in [1.82, 2.24) is 0 Å². The Morgan fingerprint density at radius 2 is 1.78 bits per heavy atom. The van der Waals surface area contributed by atoms with Gasteiger partial charge in [0.25, 0.3) is 0 Å². The maximum absolute atomic E-state index is 2.66. The zero-order valence-corrected chi connectivity index (χ0v) is 17.1. The van der Waals surface area contributed by atoms with Crippen molar-refractivity contribution in [1.29, 1.82) is 0 Å². The van der Waals surface area contributed by atoms with Gasteiger partial charge in [-0.25, -0.2) is 0 Å². The minimum Gasteiger partial charge on any atom is -0.0622 e. The predicted octanol–water partition coefficient (Wildman–Crippen LogP) is 7.22. The van der Waals surface area contributed by atoms with Gasteiger partial charge in [-0.3, -0.25) is 0 Å². The van der Waals surface area contributed by atoms with E-state index in [1.54, 1.807) is 16.7 Å². The first-order valence-electron chi connectivity index (χ1n) is 11.3. The van der Waals surface area contributed by atoms with Crippen molar-refractivity contribution in [2.24, 2.45) is 17.3 Å². The molecule has 0 nitrogen and oxygen atoms in total. The summed E-state index contributed by atoms with van der Waals surface area (Å²) < 4.78 is 0. The van der Waals surface area contributed by atoms with Gasteiger partial charge in [-0.05, 0) is 103 Å². The molecule has 0 spiro atoms. The van der Waals surface area contributed by atoms with Gasteiger partial charge in [0, 0.05) is 0 Å². The lowest BCUT2D eigenvalue weighted by Crippen LogP contribution is -2.46. The normalized spacial score (nSPS) is 32.3. The standard InChI is InChI=1S/C27H34/c1-19-11-13-22-23(25(19)18-20-8-4-3-5-9-20)15-16-26-24(22)14-12-21-10-6-7-17-27(21,26)2/h3-5,8-9,11,13,21,24,26H,6-7,10,12,14-18H2,1-2H3/t21-,24+,26+,27+/m1/s1. The van der Waals surface area contributed by atoms with E-state index in [-0.39, 0.29) is 0 Å². The fourth-order valence-electron chi connectivity index (χ4n) is 7.15. The van der Waals surface area contributed by atoms with Crippen LogP contribution >= 0.6 is 0 Å². The van der Waals surface area contributed by atoms with Gasteiger partial charge in [0.05, 0.1) is 0 Å². The number of fused-ring (bicyclic) bond motifs is 5. The van der Waals surface area contributed by atoms with E-state index in [1.165, 1.54) is 62.5 Å². The second-order valence-electron chi connectivity index (χ2n) is 9.87. The fraction of sp³-hybridized carbons (Fsp3) is 0.556. The molecule has 0 radical (unpaired) electrons. The highest BCUT2D eigenvalue weighted by molar-refractivity contribution is 5.47. The van der Waals surface area contributed by atoms with Crippen LogP contribution in [0.3, 0.4) is 0 Å². The second kappa shape index (κ2) is 6.80. The molecule has 0 N–H and O–H groups in total. The lowest BCUT2D eigenvalue weighted by molar-refractivity contribution is -0.0204. The number of rotatable bonds is 2. The summed E-state index contributed by atoms with van der Waals surface area (Å²) in [6.07, 6.45) is 12.7. The van der Waals surface area contributed by atoms with E-state index in [0.717, 1.165) is 24.2 Å². The van der Waals surface area contributed by atoms with Crippen LogP contribution in [0.1, 0.15) is 85.6 Å². The highest BCUT2D eigenvalue weighted by Crippen LogP contribution is 2.61. The Bertz CT molecular complexity index is 817. The zero-order chi connectivity index (χ0) is 18.4. The lowest BCUT2D eigenvalue weighted by Gasteiger charge is -2.56. The van der Waals surface area contributed by atoms with Gasteiger partial charge in [-0.1, -0.05) is 62.2 Å². The predicted molar refractivity (Wildman–Crippen MR) is 114 cm³/mol. The van der Waals surface area contributed by atoms with Crippen molar-refractivity contribution in [3.8, 4) is 0 Å². The number of benzene rings is 2. The SMILES string of the molecule is Cc1ccc2c(c1Cc1ccccc1)CC[C@H]1[C@H]2CC[C@H]2CCCC[C@@]21C. The molecular weight excluding hydrogens is 324 g/mol. The van der Waals surface area contributed by atoms with Gasteiger partial charge < -0.3 is 0 Å². The molecule has 0 heterocycles. The summed E-state index contributed by atoms with van der Waals surface area (Å²) in [4.78, 5) is 0. The van der Waals surface area contributed by atoms with Gasteiger partial charge in [-0.15, -0.1) is 0 Å². The molecule has 0 amide bonds. The molecule has 0 heteroatoms. The van der Waals surface area contributed by atoms with E-state index < -0.39 is 0 Å². The molecule has 142 valence electrons. The Morgan fingerprint density at radius 3 is 2.63 bits per heavy atom. The van der Waals surface area contributed by atoms with E-state index in [2.05, 4.69) is 56.3 Å². The Balaban J connectivity index is 1.52. The molecule has 5 rings (SSSR count). The van der Waals surface area contributed by atoms with Gasteiger partial charge >= 0.3 is 0 Å². The first-order valence-corrected chi connectivity index (χ1v) is 11.3. The largest absolute Gasteiger partial charge is 0.0622 e. The van der Waals surface area contributed by atoms with E-state index in [4.69, 9.17) is 0 Å². The highest BCUT2D eigenvalue weighted by Gasteiger charge is 2.50. The number of hydrogen-bond donors (Lipinski definition) is 0. The molecule has 0 aromatic heterocycles. The monoisotopic (exact) mass is 358 g/mol. The van der Waals surface area contributed by atoms with Crippen molar-refractivity contribution in [2.45, 2.75) is 77.6 Å². The molecule has 0 unspecified atom stereocenters. The number of aryl methyl sites for hydroxylation is 1. The van der Waals surface area contributed by atoms with Crippen molar-refractivity contribution in [3.63, 3.8) is 0 Å². The molecule has 0 aliphatic heterocycles. The van der Waals surface area contributed by atoms with Crippen LogP contribution in [0.4, 0.5) is 0 Å². The molecule has 2 aromatic rings. The first-order chi connectivity index (χ1) is 13.2. The highest BCUT2D eigenvalue weighted by atomic mass is 14.5. The quantitative estimate of drug-likeness (QED) is 0.531. The molecule has 0 bridgehead atoms. The van der Waals surface area contributed by atoms with Crippen LogP contribution < -0.4 is 0 Å². The van der Waals surface area contributed by atoms with Gasteiger partial charge in [-0.2, -0.15) is 0 Å². The molecule has 3 aliphatic rings. The second-order valence-corrected chi connectivity index (χ2v) is 9.87. The summed E-state index contributed by atoms with van der Waals surface area (Å²) in [6.45, 7) is 4.99. The third-order valence-corrected chi connectivity index (χ3v) is 8.64. The van der Waals surface area contributed by atoms with Crippen LogP contribution in [0.25, 0.3) is 0 Å². The van der Waals surface area contributed by atoms with Crippen molar-refractivity contribution in [2.75, 3.05) is 0 Å². The van der Waals surface area contributed by atoms with E-state index in [1.807, 2.05) is 0 Å². The van der Waals surface area contributed by atoms with Gasteiger partial charge in [0.1, 0.15) is 0 Å². The maximum atomic E-state index is 2.66. The summed E-state index contributed by atoms with van der Waals surface area (Å²) >= 11 is 0. The van der Waals surface area contributed by atoms with Crippen LogP contribution in [0.5, 0.6) is 0 Å². The zero-order valence-electron chi connectivity index (χ0n) is 17.1. The van der Waals surface area contributed by atoms with Crippen LogP contribution in [0, 0.1) is 24.2 Å². The first kappa shape index (κ1) is 17.5. The molecule has 3 aliphatic carbocycles. The molecule has 2 aromatic carbocycles. The van der Waals surface area contributed by atoms with Crippen LogP contribution in [0.2, 0.25) is 0 Å².